The number of nitrogens with two attached hydrogens (primary N) is 1. The number of halogens is 2. The van der Waals surface area contributed by atoms with Gasteiger partial charge in [-0.05, 0) is 60.8 Å². The molecule has 2 unspecified atom stereocenters. The lowest BCUT2D eigenvalue weighted by Gasteiger charge is -2.44. The van der Waals surface area contributed by atoms with Gasteiger partial charge in [0.25, 0.3) is 0 Å². The zero-order valence-electron chi connectivity index (χ0n) is 12.0. The zero-order valence-corrected chi connectivity index (χ0v) is 13.6. The summed E-state index contributed by atoms with van der Waals surface area (Å²) in [5.41, 5.74) is 7.26. The van der Waals surface area contributed by atoms with Crippen LogP contribution in [0.25, 0.3) is 0 Å². The minimum absolute atomic E-state index is 0.0107. The van der Waals surface area contributed by atoms with Gasteiger partial charge in [0.05, 0.1) is 10.6 Å². The molecule has 3 rings (SSSR count). The fraction of sp³-hybridized carbons (Fsp3) is 0.625. The molecule has 0 aromatic heterocycles. The lowest BCUT2D eigenvalue weighted by molar-refractivity contribution is -0.105. The number of thioether (sulfide) groups is 1. The molecule has 2 heterocycles. The summed E-state index contributed by atoms with van der Waals surface area (Å²) >= 11 is 7.75. The molecule has 2 atom stereocenters. The van der Waals surface area contributed by atoms with E-state index in [0.29, 0.717) is 5.92 Å². The van der Waals surface area contributed by atoms with Gasteiger partial charge in [0.1, 0.15) is 5.82 Å². The zero-order chi connectivity index (χ0) is 14.9. The Labute approximate surface area is 134 Å². The minimum atomic E-state index is -0.388. The van der Waals surface area contributed by atoms with Crippen LogP contribution in [-0.2, 0) is 4.74 Å². The van der Waals surface area contributed by atoms with Gasteiger partial charge in [-0.2, -0.15) is 11.8 Å². The quantitative estimate of drug-likeness (QED) is 0.884. The second kappa shape index (κ2) is 6.45. The fourth-order valence-corrected chi connectivity index (χ4v) is 4.81. The summed E-state index contributed by atoms with van der Waals surface area (Å²) in [6.45, 7) is 0.763. The second-order valence-electron chi connectivity index (χ2n) is 6.10. The lowest BCUT2D eigenvalue weighted by atomic mass is 9.77. The molecule has 0 bridgehead atoms. The van der Waals surface area contributed by atoms with Crippen molar-refractivity contribution in [3.63, 3.8) is 0 Å². The molecule has 2 N–H and O–H groups in total. The van der Waals surface area contributed by atoms with Crippen LogP contribution in [0.1, 0.15) is 37.3 Å². The Morgan fingerprint density at radius 1 is 1.38 bits per heavy atom. The molecular weight excluding hydrogens is 309 g/mol. The second-order valence-corrected chi connectivity index (χ2v) is 7.73. The molecule has 2 aliphatic rings. The van der Waals surface area contributed by atoms with E-state index in [9.17, 15) is 4.39 Å². The van der Waals surface area contributed by atoms with E-state index in [1.165, 1.54) is 6.07 Å². The summed E-state index contributed by atoms with van der Waals surface area (Å²) in [4.78, 5) is 0. The Kier molecular flexibility index (Phi) is 4.79. The van der Waals surface area contributed by atoms with Crippen molar-refractivity contribution in [3.05, 3.63) is 34.6 Å². The van der Waals surface area contributed by atoms with E-state index < -0.39 is 0 Å². The van der Waals surface area contributed by atoms with Crippen molar-refractivity contribution in [1.29, 1.82) is 0 Å². The number of benzene rings is 1. The van der Waals surface area contributed by atoms with E-state index in [1.54, 1.807) is 6.07 Å². The summed E-state index contributed by atoms with van der Waals surface area (Å²) in [5, 5.41) is 0.152. The van der Waals surface area contributed by atoms with Crippen molar-refractivity contribution in [2.24, 2.45) is 11.7 Å². The molecule has 1 spiro atoms. The monoisotopic (exact) mass is 329 g/mol. The molecule has 21 heavy (non-hydrogen) atoms. The van der Waals surface area contributed by atoms with Crippen LogP contribution in [0, 0.1) is 11.7 Å². The van der Waals surface area contributed by atoms with Crippen LogP contribution in [0.2, 0.25) is 5.02 Å². The van der Waals surface area contributed by atoms with Crippen LogP contribution in [0.5, 0.6) is 0 Å². The molecule has 2 fully saturated rings. The van der Waals surface area contributed by atoms with Gasteiger partial charge in [-0.1, -0.05) is 17.7 Å². The van der Waals surface area contributed by atoms with Gasteiger partial charge >= 0.3 is 0 Å². The Hall–Kier alpha value is -0.290. The van der Waals surface area contributed by atoms with Crippen molar-refractivity contribution in [1.82, 2.24) is 0 Å². The smallest absolute Gasteiger partial charge is 0.142 e. The average molecular weight is 330 g/mol. The number of rotatable bonds is 2. The summed E-state index contributed by atoms with van der Waals surface area (Å²) in [5.74, 6) is 2.29. The summed E-state index contributed by atoms with van der Waals surface area (Å²) in [7, 11) is 0. The topological polar surface area (TPSA) is 35.2 Å². The summed E-state index contributed by atoms with van der Waals surface area (Å²) < 4.78 is 19.7. The van der Waals surface area contributed by atoms with E-state index in [2.05, 4.69) is 0 Å². The Morgan fingerprint density at radius 3 is 2.86 bits per heavy atom. The summed E-state index contributed by atoms with van der Waals surface area (Å²) in [6, 6.07) is 4.77. The lowest BCUT2D eigenvalue weighted by Crippen LogP contribution is -2.45. The first-order valence-corrected chi connectivity index (χ1v) is 9.05. The molecule has 2 saturated heterocycles. The highest BCUT2D eigenvalue weighted by Gasteiger charge is 2.40. The van der Waals surface area contributed by atoms with Crippen molar-refractivity contribution >= 4 is 23.4 Å². The SMILES string of the molecule is NC(c1ccc(Cl)c(F)c1)C1CCOC2(CCSCC2)C1. The molecule has 0 radical (unpaired) electrons. The highest BCUT2D eigenvalue weighted by Crippen LogP contribution is 2.43. The van der Waals surface area contributed by atoms with E-state index in [0.717, 1.165) is 49.4 Å². The van der Waals surface area contributed by atoms with Gasteiger partial charge in [-0.25, -0.2) is 4.39 Å². The molecule has 1 aromatic carbocycles. The average Bonchev–Trinajstić information content (AvgIpc) is 2.50. The number of ether oxygens (including phenoxy) is 1. The fourth-order valence-electron chi connectivity index (χ4n) is 3.46. The van der Waals surface area contributed by atoms with Gasteiger partial charge in [-0.3, -0.25) is 0 Å². The third kappa shape index (κ3) is 3.39. The Balaban J connectivity index is 1.74. The highest BCUT2D eigenvalue weighted by molar-refractivity contribution is 7.99. The van der Waals surface area contributed by atoms with Gasteiger partial charge in [0, 0.05) is 12.6 Å². The standard InChI is InChI=1S/C16H21ClFNOS/c17-13-2-1-11(9-14(13)18)15(19)12-3-6-20-16(10-12)4-7-21-8-5-16/h1-2,9,12,15H,3-8,10,19H2. The van der Waals surface area contributed by atoms with Crippen molar-refractivity contribution in [2.75, 3.05) is 18.1 Å². The molecule has 0 aliphatic carbocycles. The predicted octanol–water partition coefficient (Wildman–Crippen LogP) is 4.17. The van der Waals surface area contributed by atoms with Crippen LogP contribution in [0.4, 0.5) is 4.39 Å². The molecule has 0 saturated carbocycles. The molecule has 2 aliphatic heterocycles. The first-order valence-electron chi connectivity index (χ1n) is 7.52. The van der Waals surface area contributed by atoms with Crippen LogP contribution >= 0.6 is 23.4 Å². The third-order valence-electron chi connectivity index (χ3n) is 4.77. The number of hydrogen-bond acceptors (Lipinski definition) is 3. The first kappa shape index (κ1) is 15.6. The van der Waals surface area contributed by atoms with Gasteiger partial charge in [-0.15, -0.1) is 0 Å². The van der Waals surface area contributed by atoms with E-state index >= 15 is 0 Å². The molecular formula is C16H21ClFNOS. The molecule has 2 nitrogen and oxygen atoms in total. The van der Waals surface area contributed by atoms with Crippen LogP contribution in [0.3, 0.4) is 0 Å². The Morgan fingerprint density at radius 2 is 2.14 bits per heavy atom. The first-order chi connectivity index (χ1) is 10.1. The van der Waals surface area contributed by atoms with Gasteiger partial charge in [0.15, 0.2) is 0 Å². The Bertz CT molecular complexity index is 502. The van der Waals surface area contributed by atoms with Crippen LogP contribution in [0.15, 0.2) is 18.2 Å². The maximum Gasteiger partial charge on any atom is 0.142 e. The maximum absolute atomic E-state index is 13.6. The van der Waals surface area contributed by atoms with E-state index in [1.807, 2.05) is 17.8 Å². The van der Waals surface area contributed by atoms with E-state index in [4.69, 9.17) is 22.1 Å². The molecule has 116 valence electrons. The maximum atomic E-state index is 13.6. The third-order valence-corrected chi connectivity index (χ3v) is 6.06. The molecule has 1 aromatic rings. The highest BCUT2D eigenvalue weighted by atomic mass is 35.5. The van der Waals surface area contributed by atoms with Crippen molar-refractivity contribution < 1.29 is 9.13 Å². The van der Waals surface area contributed by atoms with Crippen LogP contribution < -0.4 is 5.73 Å². The van der Waals surface area contributed by atoms with Crippen molar-refractivity contribution in [2.45, 2.75) is 37.3 Å². The van der Waals surface area contributed by atoms with Crippen molar-refractivity contribution in [3.8, 4) is 0 Å². The molecule has 5 heteroatoms. The number of hydrogen-bond donors (Lipinski definition) is 1. The minimum Gasteiger partial charge on any atom is -0.375 e. The van der Waals surface area contributed by atoms with E-state index in [-0.39, 0.29) is 22.5 Å². The summed E-state index contributed by atoms with van der Waals surface area (Å²) in [6.07, 6.45) is 4.14. The largest absolute Gasteiger partial charge is 0.375 e. The predicted molar refractivity (Wildman–Crippen MR) is 86.3 cm³/mol. The van der Waals surface area contributed by atoms with Gasteiger partial charge in [0.2, 0.25) is 0 Å². The normalized spacial score (nSPS) is 26.7. The van der Waals surface area contributed by atoms with Gasteiger partial charge < -0.3 is 10.5 Å². The molecule has 0 amide bonds. The van der Waals surface area contributed by atoms with Crippen LogP contribution in [-0.4, -0.2) is 23.7 Å².